The Bertz CT molecular complexity index is 555. The van der Waals surface area contributed by atoms with Crippen LogP contribution in [0.15, 0.2) is 12.1 Å². The van der Waals surface area contributed by atoms with E-state index in [1.807, 2.05) is 18.2 Å². The van der Waals surface area contributed by atoms with Crippen molar-refractivity contribution in [2.75, 3.05) is 17.6 Å². The number of nitrogens with zero attached hydrogens (tertiary/aromatic N) is 2. The van der Waals surface area contributed by atoms with Gasteiger partial charge in [-0.15, -0.1) is 11.3 Å². The Morgan fingerprint density at radius 3 is 3.00 bits per heavy atom. The minimum atomic E-state index is 0.291. The number of aromatic nitrogens is 1. The summed E-state index contributed by atoms with van der Waals surface area (Å²) in [5, 5.41) is 12.8. The molecule has 0 aliphatic heterocycles. The summed E-state index contributed by atoms with van der Waals surface area (Å²) in [6, 6.07) is 5.92. The van der Waals surface area contributed by atoms with Gasteiger partial charge in [-0.2, -0.15) is 9.64 Å². The number of halogens is 1. The van der Waals surface area contributed by atoms with Gasteiger partial charge in [0.1, 0.15) is 16.6 Å². The first-order chi connectivity index (χ1) is 8.20. The molecule has 2 heterocycles. The lowest BCUT2D eigenvalue weighted by atomic mass is 10.3. The van der Waals surface area contributed by atoms with Gasteiger partial charge in [-0.05, 0) is 30.1 Å². The molecule has 4 nitrogen and oxygen atoms in total. The van der Waals surface area contributed by atoms with Crippen LogP contribution in [0.1, 0.15) is 10.4 Å². The molecule has 17 heavy (non-hydrogen) atoms. The fourth-order valence-corrected chi connectivity index (χ4v) is 3.09. The second-order valence-corrected chi connectivity index (χ2v) is 5.84. The van der Waals surface area contributed by atoms with Crippen LogP contribution in [0.4, 0.5) is 10.8 Å². The van der Waals surface area contributed by atoms with Crippen molar-refractivity contribution in [2.24, 2.45) is 0 Å². The van der Waals surface area contributed by atoms with Crippen LogP contribution in [0.2, 0.25) is 4.34 Å². The summed E-state index contributed by atoms with van der Waals surface area (Å²) in [7, 11) is 0. The Morgan fingerprint density at radius 1 is 1.53 bits per heavy atom. The topological polar surface area (TPSA) is 74.7 Å². The molecule has 2 aromatic heterocycles. The van der Waals surface area contributed by atoms with Crippen molar-refractivity contribution in [3.8, 4) is 6.07 Å². The Morgan fingerprint density at radius 2 is 2.35 bits per heavy atom. The standard InChI is InChI=1S/C10H9ClN4S2/c11-8-2-1-6(16-8)3-4-14-10-7(5-12)9(13)15-17-10/h1-2,14H,3-4H2,(H2,13,15). The highest BCUT2D eigenvalue weighted by molar-refractivity contribution is 7.16. The molecule has 88 valence electrons. The molecule has 0 amide bonds. The van der Waals surface area contributed by atoms with Crippen molar-refractivity contribution in [1.82, 2.24) is 4.37 Å². The SMILES string of the molecule is N#Cc1c(N)nsc1NCCc1ccc(Cl)s1. The molecule has 0 aliphatic rings. The number of nitriles is 1. The van der Waals surface area contributed by atoms with E-state index >= 15 is 0 Å². The first-order valence-corrected chi connectivity index (χ1v) is 6.81. The Kier molecular flexibility index (Phi) is 3.84. The van der Waals surface area contributed by atoms with Crippen LogP contribution < -0.4 is 11.1 Å². The van der Waals surface area contributed by atoms with Crippen molar-refractivity contribution < 1.29 is 0 Å². The monoisotopic (exact) mass is 284 g/mol. The van der Waals surface area contributed by atoms with Crippen molar-refractivity contribution in [3.63, 3.8) is 0 Å². The molecule has 0 unspecified atom stereocenters. The van der Waals surface area contributed by atoms with Gasteiger partial charge in [0.05, 0.1) is 4.34 Å². The fraction of sp³-hybridized carbons (Fsp3) is 0.200. The number of hydrogen-bond donors (Lipinski definition) is 2. The minimum absolute atomic E-state index is 0.291. The molecule has 7 heteroatoms. The largest absolute Gasteiger partial charge is 0.382 e. The van der Waals surface area contributed by atoms with E-state index in [9.17, 15) is 0 Å². The number of hydrogen-bond acceptors (Lipinski definition) is 6. The predicted molar refractivity (Wildman–Crippen MR) is 72.8 cm³/mol. The zero-order valence-electron chi connectivity index (χ0n) is 8.74. The third-order valence-corrected chi connectivity index (χ3v) is 4.23. The number of nitrogens with two attached hydrogens (primary N) is 1. The minimum Gasteiger partial charge on any atom is -0.382 e. The zero-order chi connectivity index (χ0) is 12.3. The highest BCUT2D eigenvalue weighted by Crippen LogP contribution is 2.26. The second kappa shape index (κ2) is 5.36. The Labute approximate surface area is 112 Å². The van der Waals surface area contributed by atoms with Gasteiger partial charge in [0.2, 0.25) is 0 Å². The molecule has 0 fully saturated rings. The maximum atomic E-state index is 8.89. The van der Waals surface area contributed by atoms with Crippen molar-refractivity contribution in [2.45, 2.75) is 6.42 Å². The van der Waals surface area contributed by atoms with Gasteiger partial charge in [0, 0.05) is 11.4 Å². The van der Waals surface area contributed by atoms with Gasteiger partial charge in [0.15, 0.2) is 5.82 Å². The molecule has 0 saturated heterocycles. The molecule has 0 atom stereocenters. The Hall–Kier alpha value is -1.29. The first-order valence-electron chi connectivity index (χ1n) is 4.84. The van der Waals surface area contributed by atoms with Gasteiger partial charge < -0.3 is 11.1 Å². The van der Waals surface area contributed by atoms with Gasteiger partial charge in [0.25, 0.3) is 0 Å². The normalized spacial score (nSPS) is 10.1. The number of nitrogens with one attached hydrogen (secondary N) is 1. The Balaban J connectivity index is 1.92. The maximum Gasteiger partial charge on any atom is 0.157 e. The van der Waals surface area contributed by atoms with E-state index in [1.165, 1.54) is 16.4 Å². The van der Waals surface area contributed by atoms with Crippen LogP contribution in [-0.4, -0.2) is 10.9 Å². The van der Waals surface area contributed by atoms with E-state index in [0.717, 1.165) is 22.3 Å². The van der Waals surface area contributed by atoms with Crippen molar-refractivity contribution in [3.05, 3.63) is 26.9 Å². The molecule has 0 aromatic carbocycles. The quantitative estimate of drug-likeness (QED) is 0.905. The highest BCUT2D eigenvalue weighted by Gasteiger charge is 2.10. The molecule has 0 aliphatic carbocycles. The summed E-state index contributed by atoms with van der Waals surface area (Å²) in [6.45, 7) is 0.729. The van der Waals surface area contributed by atoms with E-state index in [1.54, 1.807) is 11.3 Å². The molecule has 0 bridgehead atoms. The molecule has 0 spiro atoms. The highest BCUT2D eigenvalue weighted by atomic mass is 35.5. The van der Waals surface area contributed by atoms with Gasteiger partial charge in [-0.25, -0.2) is 0 Å². The van der Waals surface area contributed by atoms with Gasteiger partial charge in [-0.1, -0.05) is 11.6 Å². The molecule has 0 radical (unpaired) electrons. The average Bonchev–Trinajstić information content (AvgIpc) is 2.86. The summed E-state index contributed by atoms with van der Waals surface area (Å²) in [5.41, 5.74) is 5.99. The van der Waals surface area contributed by atoms with Crippen LogP contribution in [-0.2, 0) is 6.42 Å². The molecule has 2 aromatic rings. The second-order valence-electron chi connectivity index (χ2n) is 3.27. The van der Waals surface area contributed by atoms with E-state index in [2.05, 4.69) is 9.69 Å². The number of nitrogen functional groups attached to an aromatic ring is 1. The summed E-state index contributed by atoms with van der Waals surface area (Å²) < 4.78 is 4.72. The molecular weight excluding hydrogens is 276 g/mol. The van der Waals surface area contributed by atoms with Crippen molar-refractivity contribution in [1.29, 1.82) is 5.26 Å². The first kappa shape index (κ1) is 12.2. The fourth-order valence-electron chi connectivity index (χ4n) is 1.32. The zero-order valence-corrected chi connectivity index (χ0v) is 11.1. The van der Waals surface area contributed by atoms with E-state index in [0.29, 0.717) is 11.4 Å². The van der Waals surface area contributed by atoms with Gasteiger partial charge in [-0.3, -0.25) is 0 Å². The average molecular weight is 285 g/mol. The summed E-state index contributed by atoms with van der Waals surface area (Å²) >= 11 is 8.61. The van der Waals surface area contributed by atoms with Crippen LogP contribution in [0.25, 0.3) is 0 Å². The smallest absolute Gasteiger partial charge is 0.157 e. The lowest BCUT2D eigenvalue weighted by Crippen LogP contribution is -2.03. The number of thiophene rings is 1. The third kappa shape index (κ3) is 2.88. The van der Waals surface area contributed by atoms with E-state index < -0.39 is 0 Å². The summed E-state index contributed by atoms with van der Waals surface area (Å²) in [4.78, 5) is 1.21. The van der Waals surface area contributed by atoms with Crippen LogP contribution >= 0.6 is 34.5 Å². The molecule has 2 rings (SSSR count). The number of anilines is 2. The lowest BCUT2D eigenvalue weighted by molar-refractivity contribution is 1.05. The molecular formula is C10H9ClN4S2. The lowest BCUT2D eigenvalue weighted by Gasteiger charge is -2.01. The van der Waals surface area contributed by atoms with E-state index in [-0.39, 0.29) is 0 Å². The van der Waals surface area contributed by atoms with Crippen LogP contribution in [0, 0.1) is 11.3 Å². The van der Waals surface area contributed by atoms with Gasteiger partial charge >= 0.3 is 0 Å². The third-order valence-electron chi connectivity index (χ3n) is 2.12. The predicted octanol–water partition coefficient (Wildman–Crippen LogP) is 2.97. The molecule has 3 N–H and O–H groups in total. The summed E-state index contributed by atoms with van der Waals surface area (Å²) in [5.74, 6) is 0.291. The van der Waals surface area contributed by atoms with Crippen molar-refractivity contribution >= 4 is 45.3 Å². The molecule has 0 saturated carbocycles. The van der Waals surface area contributed by atoms with E-state index in [4.69, 9.17) is 22.6 Å². The van der Waals surface area contributed by atoms with Crippen LogP contribution in [0.5, 0.6) is 0 Å². The maximum absolute atomic E-state index is 8.89. The van der Waals surface area contributed by atoms with Crippen LogP contribution in [0.3, 0.4) is 0 Å². The summed E-state index contributed by atoms with van der Waals surface area (Å²) in [6.07, 6.45) is 0.861. The number of rotatable bonds is 4.